The van der Waals surface area contributed by atoms with Crippen LogP contribution in [0.3, 0.4) is 0 Å². The first-order valence-electron chi connectivity index (χ1n) is 40.4. The fourth-order valence-electron chi connectivity index (χ4n) is 13.5. The number of rotatable bonds is 63. The maximum Gasteiger partial charge on any atom is 0.472 e. The van der Waals surface area contributed by atoms with Gasteiger partial charge in [0, 0.05) is 19.3 Å². The minimum atomic E-state index is -5.70. The van der Waals surface area contributed by atoms with Gasteiger partial charge in [-0.25, -0.2) is 4.57 Å². The van der Waals surface area contributed by atoms with Crippen molar-refractivity contribution in [1.29, 1.82) is 0 Å². The normalized spacial score (nSPS) is 27.4. The van der Waals surface area contributed by atoms with Crippen molar-refractivity contribution in [3.05, 3.63) is 12.2 Å². The predicted octanol–water partition coefficient (Wildman–Crippen LogP) is 12.2. The van der Waals surface area contributed by atoms with E-state index in [0.29, 0.717) is 31.6 Å². The van der Waals surface area contributed by atoms with Crippen molar-refractivity contribution in [2.24, 2.45) is 5.92 Å². The number of esters is 3. The highest BCUT2D eigenvalue weighted by Gasteiger charge is 2.58. The van der Waals surface area contributed by atoms with Gasteiger partial charge in [0.1, 0.15) is 98.7 Å². The zero-order valence-electron chi connectivity index (χ0n) is 63.1. The number of unbranched alkanes of at least 4 members (excludes halogenated alkanes) is 36. The maximum atomic E-state index is 14.4. The lowest BCUT2D eigenvalue weighted by Crippen LogP contribution is -2.69. The molecular formula is C77H143O24P. The Kier molecular flexibility index (Phi) is 53.2. The molecule has 102 heavy (non-hydrogen) atoms. The van der Waals surface area contributed by atoms with Crippen molar-refractivity contribution in [2.75, 3.05) is 26.4 Å². The van der Waals surface area contributed by atoms with Crippen molar-refractivity contribution >= 4 is 25.7 Å². The molecule has 0 spiro atoms. The van der Waals surface area contributed by atoms with E-state index in [1.54, 1.807) is 0 Å². The van der Waals surface area contributed by atoms with Crippen LogP contribution < -0.4 is 0 Å². The molecule has 24 nitrogen and oxygen atoms in total. The molecule has 1 saturated carbocycles. The third-order valence-corrected chi connectivity index (χ3v) is 21.2. The molecule has 0 bridgehead atoms. The van der Waals surface area contributed by atoms with Gasteiger partial charge in [-0.3, -0.25) is 23.4 Å². The maximum absolute atomic E-state index is 14.4. The molecule has 0 radical (unpaired) electrons. The van der Waals surface area contributed by atoms with E-state index < -0.39 is 156 Å². The minimum absolute atomic E-state index is 0.0293. The van der Waals surface area contributed by atoms with E-state index in [1.807, 2.05) is 0 Å². The van der Waals surface area contributed by atoms with Gasteiger partial charge in [-0.15, -0.1) is 0 Å². The molecule has 2 aliphatic heterocycles. The summed E-state index contributed by atoms with van der Waals surface area (Å²) < 4.78 is 65.2. The quantitative estimate of drug-likeness (QED) is 0.00886. The largest absolute Gasteiger partial charge is 0.472 e. The van der Waals surface area contributed by atoms with E-state index in [4.69, 9.17) is 42.2 Å². The number of ether oxygens (including phenoxy) is 7. The molecule has 2 heterocycles. The van der Waals surface area contributed by atoms with Gasteiger partial charge in [0.05, 0.1) is 13.2 Å². The fraction of sp³-hybridized carbons (Fsp3) is 0.935. The lowest BCUT2D eigenvalue weighted by molar-refractivity contribution is -0.360. The molecule has 11 N–H and O–H groups in total. The monoisotopic (exact) mass is 1480 g/mol. The van der Waals surface area contributed by atoms with Crippen LogP contribution in [0.5, 0.6) is 0 Å². The van der Waals surface area contributed by atoms with Crippen LogP contribution >= 0.6 is 7.82 Å². The SMILES string of the molecule is CCCCCCCCC/C=C\CCCCCC(=O)OC(COC(=O)CCCCCCCCCCCCCCCCCCC)COP(=O)(O)OC1C(OC2OC(CO)C(O)C(O)C2O)C(O)C(O)C(O)C1OC1OC(COC(=O)CCCCCCCCC(C)CCCCCCCC)C(O)C(O)C1O. The Balaban J connectivity index is 1.71. The topological polar surface area (TPSA) is 374 Å². The van der Waals surface area contributed by atoms with Crippen LogP contribution in [0.25, 0.3) is 0 Å². The summed E-state index contributed by atoms with van der Waals surface area (Å²) in [5.41, 5.74) is 0. The van der Waals surface area contributed by atoms with Gasteiger partial charge in [-0.2, -0.15) is 0 Å². The van der Waals surface area contributed by atoms with Crippen LogP contribution in [0.2, 0.25) is 0 Å². The molecule has 3 aliphatic rings. The van der Waals surface area contributed by atoms with Crippen LogP contribution in [0.15, 0.2) is 12.2 Å². The van der Waals surface area contributed by atoms with Crippen molar-refractivity contribution in [2.45, 2.75) is 427 Å². The second-order valence-electron chi connectivity index (χ2n) is 29.4. The van der Waals surface area contributed by atoms with Crippen molar-refractivity contribution in [3.8, 4) is 0 Å². The van der Waals surface area contributed by atoms with E-state index >= 15 is 0 Å². The first kappa shape index (κ1) is 93.9. The standard InChI is InChI=1S/C77H143O24P/c1-5-8-11-14-17-19-21-23-25-26-27-29-30-32-34-40-45-50-61(79)93-54-58(96-63(81)52-47-42-35-33-31-28-24-22-20-18-15-12-9-6-2)55-95-102(91,92)101-75-73(99-76-71(89)66(84)64(82)59(53-78)97-76)69(87)68(86)70(88)74(75)100-77-72(90)67(85)65(83)60(98-77)56-94-62(80)51-46-41-37-36-39-44-49-57(4)48-43-38-16-13-10-7-3/h28,31,57-60,64-78,82-90H,5-27,29-30,32-56H2,1-4H3,(H,91,92)/b31-28-. The lowest BCUT2D eigenvalue weighted by atomic mass is 9.84. The molecule has 3 rings (SSSR count). The van der Waals surface area contributed by atoms with Crippen LogP contribution in [0.1, 0.15) is 323 Å². The van der Waals surface area contributed by atoms with E-state index in [0.717, 1.165) is 83.5 Å². The number of carbonyl (C=O) groups is 3. The number of hydrogen-bond donors (Lipinski definition) is 11. The molecule has 19 unspecified atom stereocenters. The van der Waals surface area contributed by atoms with Crippen molar-refractivity contribution in [1.82, 2.24) is 0 Å². The highest BCUT2D eigenvalue weighted by atomic mass is 31.2. The molecule has 3 fully saturated rings. The third kappa shape index (κ3) is 40.2. The minimum Gasteiger partial charge on any atom is -0.463 e. The Morgan fingerprint density at radius 3 is 1.17 bits per heavy atom. The number of aliphatic hydroxyl groups excluding tert-OH is 10. The summed E-state index contributed by atoms with van der Waals surface area (Å²) in [5, 5.41) is 110. The zero-order chi connectivity index (χ0) is 74.8. The molecule has 0 aromatic heterocycles. The Bertz CT molecular complexity index is 2160. The highest BCUT2D eigenvalue weighted by Crippen LogP contribution is 2.49. The summed E-state index contributed by atoms with van der Waals surface area (Å²) in [6.45, 7) is 5.79. The van der Waals surface area contributed by atoms with Crippen molar-refractivity contribution in [3.63, 3.8) is 0 Å². The highest BCUT2D eigenvalue weighted by molar-refractivity contribution is 7.47. The first-order chi connectivity index (χ1) is 49.2. The number of allylic oxidation sites excluding steroid dienone is 2. The van der Waals surface area contributed by atoms with Gasteiger partial charge >= 0.3 is 25.7 Å². The third-order valence-electron chi connectivity index (χ3n) is 20.2. The summed E-state index contributed by atoms with van der Waals surface area (Å²) in [6.07, 6.45) is 16.9. The van der Waals surface area contributed by atoms with Gasteiger partial charge in [0.15, 0.2) is 18.7 Å². The summed E-state index contributed by atoms with van der Waals surface area (Å²) in [4.78, 5) is 51.2. The van der Waals surface area contributed by atoms with E-state index in [-0.39, 0.29) is 19.3 Å². The second-order valence-corrected chi connectivity index (χ2v) is 30.8. The van der Waals surface area contributed by atoms with Gasteiger partial charge in [-0.05, 0) is 50.9 Å². The van der Waals surface area contributed by atoms with Gasteiger partial charge < -0.3 is 89.1 Å². The average molecular weight is 1480 g/mol. The summed E-state index contributed by atoms with van der Waals surface area (Å²) in [5.74, 6) is -1.30. The van der Waals surface area contributed by atoms with Crippen LogP contribution in [0, 0.1) is 5.92 Å². The number of aliphatic hydroxyl groups is 10. The molecule has 600 valence electrons. The van der Waals surface area contributed by atoms with Crippen LogP contribution in [0.4, 0.5) is 0 Å². The van der Waals surface area contributed by atoms with Gasteiger partial charge in [0.25, 0.3) is 0 Å². The van der Waals surface area contributed by atoms with Crippen LogP contribution in [-0.4, -0.2) is 204 Å². The lowest BCUT2D eigenvalue weighted by Gasteiger charge is -2.49. The van der Waals surface area contributed by atoms with E-state index in [2.05, 4.69) is 39.8 Å². The number of phosphoric ester groups is 1. The Hall–Kier alpha value is -2.30. The molecule has 0 aromatic carbocycles. The molecule has 19 atom stereocenters. The van der Waals surface area contributed by atoms with Crippen LogP contribution in [-0.2, 0) is 61.2 Å². The number of phosphoric acid groups is 1. The summed E-state index contributed by atoms with van der Waals surface area (Å²) in [6, 6.07) is 0. The van der Waals surface area contributed by atoms with E-state index in [9.17, 15) is 74.9 Å². The molecule has 0 amide bonds. The Labute approximate surface area is 612 Å². The number of hydrogen-bond acceptors (Lipinski definition) is 23. The Morgan fingerprint density at radius 1 is 0.402 bits per heavy atom. The van der Waals surface area contributed by atoms with Gasteiger partial charge in [0.2, 0.25) is 0 Å². The van der Waals surface area contributed by atoms with E-state index in [1.165, 1.54) is 167 Å². The summed E-state index contributed by atoms with van der Waals surface area (Å²) in [7, 11) is -5.70. The molecule has 1 aliphatic carbocycles. The Morgan fingerprint density at radius 2 is 0.745 bits per heavy atom. The fourth-order valence-corrected chi connectivity index (χ4v) is 14.5. The predicted molar refractivity (Wildman–Crippen MR) is 388 cm³/mol. The number of carbonyl (C=O) groups excluding carboxylic acids is 3. The zero-order valence-corrected chi connectivity index (χ0v) is 64.0. The first-order valence-corrected chi connectivity index (χ1v) is 41.9. The molecule has 25 heteroatoms. The molecule has 2 saturated heterocycles. The summed E-state index contributed by atoms with van der Waals surface area (Å²) >= 11 is 0. The molecular weight excluding hydrogens is 1340 g/mol. The average Bonchev–Trinajstić information content (AvgIpc) is 0.762. The van der Waals surface area contributed by atoms with Gasteiger partial charge in [-0.1, -0.05) is 271 Å². The van der Waals surface area contributed by atoms with Crippen molar-refractivity contribution < 1.29 is 117 Å². The second kappa shape index (κ2) is 57.8. The smallest absolute Gasteiger partial charge is 0.463 e. The molecule has 0 aromatic rings.